The van der Waals surface area contributed by atoms with E-state index >= 15 is 0 Å². The van der Waals surface area contributed by atoms with Crippen LogP contribution < -0.4 is 0 Å². The number of nitrogens with zero attached hydrogens (tertiary/aromatic N) is 3. The van der Waals surface area contributed by atoms with Crippen molar-refractivity contribution in [1.29, 1.82) is 0 Å². The number of esters is 1. The Morgan fingerprint density at radius 2 is 1.74 bits per heavy atom. The van der Waals surface area contributed by atoms with Crippen molar-refractivity contribution in [3.63, 3.8) is 0 Å². The van der Waals surface area contributed by atoms with Gasteiger partial charge in [-0.25, -0.2) is 4.39 Å². The monoisotopic (exact) mass is 511 g/mol. The number of pyridine rings is 1. The molecule has 0 aliphatic carbocycles. The van der Waals surface area contributed by atoms with Crippen molar-refractivity contribution in [3.8, 4) is 0 Å². The van der Waals surface area contributed by atoms with Crippen LogP contribution in [-0.4, -0.2) is 58.9 Å². The van der Waals surface area contributed by atoms with Crippen LogP contribution in [0, 0.1) is 5.82 Å². The maximum absolute atomic E-state index is 14.3. The Hall–Kier alpha value is -4.10. The number of aromatic nitrogens is 1. The molecule has 0 spiro atoms. The molecule has 4 aromatic rings. The Morgan fingerprint density at radius 3 is 2.53 bits per heavy atom. The Bertz CT molecular complexity index is 1420. The average Bonchev–Trinajstić information content (AvgIpc) is 2.94. The third kappa shape index (κ3) is 5.43. The number of fused-ring (bicyclic) bond motifs is 1. The number of hydrogen-bond acceptors (Lipinski definition) is 5. The molecule has 0 saturated carbocycles. The molecule has 5 rings (SSSR count). The highest BCUT2D eigenvalue weighted by Gasteiger charge is 2.37. The number of piperazine rings is 1. The van der Waals surface area contributed by atoms with Crippen LogP contribution in [0.2, 0.25) is 0 Å². The number of carbonyl (C=O) groups is 2. The smallest absolute Gasteiger partial charge is 0.307 e. The van der Waals surface area contributed by atoms with Crippen LogP contribution in [0.15, 0.2) is 91.3 Å². The first-order chi connectivity index (χ1) is 18.5. The van der Waals surface area contributed by atoms with Crippen LogP contribution in [0.25, 0.3) is 10.8 Å². The molecular weight excluding hydrogens is 481 g/mol. The fourth-order valence-electron chi connectivity index (χ4n) is 5.33. The van der Waals surface area contributed by atoms with Gasteiger partial charge >= 0.3 is 5.97 Å². The second kappa shape index (κ2) is 11.5. The SMILES string of the molecule is CCOC(=O)C[C@@H]1CN(C(=O)c2cncc3ccccc23)CCN1[C@@H](c1ccccc1)c1cccc(F)c1. The van der Waals surface area contributed by atoms with Crippen molar-refractivity contribution in [2.45, 2.75) is 25.4 Å². The first-order valence-electron chi connectivity index (χ1n) is 12.9. The van der Waals surface area contributed by atoms with Crippen LogP contribution >= 0.6 is 0 Å². The van der Waals surface area contributed by atoms with Crippen molar-refractivity contribution in [1.82, 2.24) is 14.8 Å². The van der Waals surface area contributed by atoms with Gasteiger partial charge in [-0.3, -0.25) is 19.5 Å². The fraction of sp³-hybridized carbons (Fsp3) is 0.258. The minimum absolute atomic E-state index is 0.115. The summed E-state index contributed by atoms with van der Waals surface area (Å²) in [6.45, 7) is 3.35. The summed E-state index contributed by atoms with van der Waals surface area (Å²) in [7, 11) is 0. The number of halogens is 1. The van der Waals surface area contributed by atoms with E-state index in [0.717, 1.165) is 21.9 Å². The lowest BCUT2D eigenvalue weighted by molar-refractivity contribution is -0.145. The number of rotatable bonds is 7. The molecular formula is C31H30FN3O3. The minimum Gasteiger partial charge on any atom is -0.466 e. The van der Waals surface area contributed by atoms with Gasteiger partial charge in [-0.1, -0.05) is 66.7 Å². The minimum atomic E-state index is -0.330. The molecule has 3 aromatic carbocycles. The Morgan fingerprint density at radius 1 is 0.974 bits per heavy atom. The number of hydrogen-bond donors (Lipinski definition) is 0. The normalized spacial score (nSPS) is 16.8. The van der Waals surface area contributed by atoms with Crippen molar-refractivity contribution < 1.29 is 18.7 Å². The standard InChI is InChI=1S/C31H30FN3O3/c1-2-38-29(36)18-26-21-34(31(37)28-20-33-19-24-11-6-7-14-27(24)28)15-16-35(26)30(22-9-4-3-5-10-22)23-12-8-13-25(32)17-23/h3-14,17,19-20,26,30H,2,15-16,18,21H2,1H3/t26-,30+/m1/s1. The van der Waals surface area contributed by atoms with E-state index in [1.807, 2.05) is 60.7 Å². The molecule has 0 bridgehead atoms. The molecule has 194 valence electrons. The largest absolute Gasteiger partial charge is 0.466 e. The van der Waals surface area contributed by atoms with Gasteiger partial charge < -0.3 is 9.64 Å². The summed E-state index contributed by atoms with van der Waals surface area (Å²) in [5.74, 6) is -0.762. The summed E-state index contributed by atoms with van der Waals surface area (Å²) in [6.07, 6.45) is 3.47. The molecule has 38 heavy (non-hydrogen) atoms. The molecule has 1 fully saturated rings. The summed E-state index contributed by atoms with van der Waals surface area (Å²) >= 11 is 0. The molecule has 2 atom stereocenters. The Kier molecular flexibility index (Phi) is 7.75. The van der Waals surface area contributed by atoms with E-state index in [-0.39, 0.29) is 42.8 Å². The zero-order valence-corrected chi connectivity index (χ0v) is 21.3. The van der Waals surface area contributed by atoms with E-state index in [1.165, 1.54) is 6.07 Å². The highest BCUT2D eigenvalue weighted by atomic mass is 19.1. The summed E-state index contributed by atoms with van der Waals surface area (Å²) in [4.78, 5) is 34.7. The molecule has 1 saturated heterocycles. The molecule has 0 radical (unpaired) electrons. The van der Waals surface area contributed by atoms with E-state index in [1.54, 1.807) is 36.4 Å². The van der Waals surface area contributed by atoms with Gasteiger partial charge in [0.1, 0.15) is 5.82 Å². The highest BCUT2D eigenvalue weighted by Crippen LogP contribution is 2.34. The third-order valence-electron chi connectivity index (χ3n) is 7.03. The van der Waals surface area contributed by atoms with Crippen LogP contribution in [0.1, 0.15) is 40.9 Å². The van der Waals surface area contributed by atoms with E-state index < -0.39 is 0 Å². The second-order valence-electron chi connectivity index (χ2n) is 9.43. The fourth-order valence-corrected chi connectivity index (χ4v) is 5.33. The quantitative estimate of drug-likeness (QED) is 0.318. The first kappa shape index (κ1) is 25.5. The maximum Gasteiger partial charge on any atom is 0.307 e. The van der Waals surface area contributed by atoms with Gasteiger partial charge in [0, 0.05) is 43.5 Å². The third-order valence-corrected chi connectivity index (χ3v) is 7.03. The lowest BCUT2D eigenvalue weighted by Crippen LogP contribution is -2.56. The predicted molar refractivity (Wildman–Crippen MR) is 144 cm³/mol. The molecule has 0 N–H and O–H groups in total. The zero-order valence-electron chi connectivity index (χ0n) is 21.3. The maximum atomic E-state index is 14.3. The van der Waals surface area contributed by atoms with Gasteiger partial charge in [-0.05, 0) is 35.6 Å². The molecule has 6 nitrogen and oxygen atoms in total. The van der Waals surface area contributed by atoms with E-state index in [4.69, 9.17) is 4.74 Å². The Balaban J connectivity index is 1.50. The van der Waals surface area contributed by atoms with Gasteiger partial charge in [0.2, 0.25) is 0 Å². The van der Waals surface area contributed by atoms with Gasteiger partial charge in [0.25, 0.3) is 5.91 Å². The average molecular weight is 512 g/mol. The zero-order chi connectivity index (χ0) is 26.5. The van der Waals surface area contributed by atoms with Gasteiger partial charge in [-0.15, -0.1) is 0 Å². The van der Waals surface area contributed by atoms with Gasteiger partial charge in [-0.2, -0.15) is 0 Å². The van der Waals surface area contributed by atoms with Gasteiger partial charge in [0.15, 0.2) is 0 Å². The Labute approximate surface area is 221 Å². The first-order valence-corrected chi connectivity index (χ1v) is 12.9. The molecule has 1 aliphatic heterocycles. The summed E-state index contributed by atoms with van der Waals surface area (Å²) in [6, 6.07) is 23.5. The second-order valence-corrected chi connectivity index (χ2v) is 9.43. The van der Waals surface area contributed by atoms with Gasteiger partial charge in [0.05, 0.1) is 24.6 Å². The lowest BCUT2D eigenvalue weighted by atomic mass is 9.93. The van der Waals surface area contributed by atoms with Crippen LogP contribution in [-0.2, 0) is 9.53 Å². The van der Waals surface area contributed by atoms with Crippen LogP contribution in [0.5, 0.6) is 0 Å². The number of ether oxygens (including phenoxy) is 1. The molecule has 1 aromatic heterocycles. The van der Waals surface area contributed by atoms with Crippen molar-refractivity contribution >= 4 is 22.6 Å². The number of carbonyl (C=O) groups excluding carboxylic acids is 2. The molecule has 2 heterocycles. The summed E-state index contributed by atoms with van der Waals surface area (Å²) in [5.41, 5.74) is 2.32. The number of amides is 1. The molecule has 7 heteroatoms. The van der Waals surface area contributed by atoms with E-state index in [0.29, 0.717) is 25.2 Å². The molecule has 0 unspecified atom stereocenters. The molecule has 1 aliphatic rings. The van der Waals surface area contributed by atoms with E-state index in [2.05, 4.69) is 9.88 Å². The lowest BCUT2D eigenvalue weighted by Gasteiger charge is -2.45. The van der Waals surface area contributed by atoms with Crippen LogP contribution in [0.4, 0.5) is 4.39 Å². The van der Waals surface area contributed by atoms with E-state index in [9.17, 15) is 14.0 Å². The number of benzene rings is 3. The topological polar surface area (TPSA) is 62.7 Å². The van der Waals surface area contributed by atoms with Crippen molar-refractivity contribution in [2.24, 2.45) is 0 Å². The highest BCUT2D eigenvalue weighted by molar-refractivity contribution is 6.06. The van der Waals surface area contributed by atoms with Crippen LogP contribution in [0.3, 0.4) is 0 Å². The molecule has 1 amide bonds. The van der Waals surface area contributed by atoms with Crippen molar-refractivity contribution in [3.05, 3.63) is 114 Å². The predicted octanol–water partition coefficient (Wildman–Crippen LogP) is 5.24. The van der Waals surface area contributed by atoms with Crippen molar-refractivity contribution in [2.75, 3.05) is 26.2 Å². The summed E-state index contributed by atoms with van der Waals surface area (Å²) < 4.78 is 19.7. The summed E-state index contributed by atoms with van der Waals surface area (Å²) in [5, 5.41) is 1.74.